The van der Waals surface area contributed by atoms with Crippen molar-refractivity contribution in [2.45, 2.75) is 19.8 Å². The fourth-order valence-corrected chi connectivity index (χ4v) is 2.58. The fraction of sp³-hybridized carbons (Fsp3) is 0.353. The molecule has 0 aliphatic heterocycles. The number of esters is 1. The highest BCUT2D eigenvalue weighted by Gasteiger charge is 2.07. The molecule has 25 heavy (non-hydrogen) atoms. The lowest BCUT2D eigenvalue weighted by Crippen LogP contribution is -2.04. The van der Waals surface area contributed by atoms with E-state index in [1.54, 1.807) is 18.7 Å². The van der Waals surface area contributed by atoms with Crippen molar-refractivity contribution in [1.29, 1.82) is 0 Å². The lowest BCUT2D eigenvalue weighted by atomic mass is 10.2. The molecule has 0 aliphatic carbocycles. The highest BCUT2D eigenvalue weighted by Crippen LogP contribution is 2.27. The van der Waals surface area contributed by atoms with Gasteiger partial charge in [-0.3, -0.25) is 10.2 Å². The molecule has 0 aliphatic rings. The number of hydrazone groups is 1. The van der Waals surface area contributed by atoms with Gasteiger partial charge in [0.2, 0.25) is 5.13 Å². The molecule has 8 heteroatoms. The molecule has 1 aromatic carbocycles. The van der Waals surface area contributed by atoms with Crippen molar-refractivity contribution in [3.63, 3.8) is 0 Å². The summed E-state index contributed by atoms with van der Waals surface area (Å²) in [7, 11) is 2.96. The van der Waals surface area contributed by atoms with E-state index in [1.807, 2.05) is 25.1 Å². The van der Waals surface area contributed by atoms with Crippen LogP contribution in [-0.4, -0.2) is 38.0 Å². The largest absolute Gasteiger partial charge is 0.493 e. The first-order valence-electron chi connectivity index (χ1n) is 7.77. The van der Waals surface area contributed by atoms with Crippen molar-refractivity contribution in [1.82, 2.24) is 4.98 Å². The first-order valence-corrected chi connectivity index (χ1v) is 8.65. The number of rotatable bonds is 9. The Balaban J connectivity index is 1.96. The van der Waals surface area contributed by atoms with Crippen molar-refractivity contribution in [2.24, 2.45) is 5.10 Å². The van der Waals surface area contributed by atoms with Crippen LogP contribution in [0.1, 0.15) is 24.6 Å². The first kappa shape index (κ1) is 18.7. The minimum Gasteiger partial charge on any atom is -0.493 e. The van der Waals surface area contributed by atoms with Gasteiger partial charge in [0.15, 0.2) is 11.5 Å². The predicted molar refractivity (Wildman–Crippen MR) is 97.8 cm³/mol. The Hall–Kier alpha value is -2.61. The molecular weight excluding hydrogens is 342 g/mol. The smallest absolute Gasteiger partial charge is 0.311 e. The Morgan fingerprint density at radius 1 is 1.36 bits per heavy atom. The molecule has 1 N–H and O–H groups in total. The number of benzene rings is 1. The first-order chi connectivity index (χ1) is 12.2. The molecule has 0 saturated heterocycles. The van der Waals surface area contributed by atoms with Crippen LogP contribution in [0.25, 0.3) is 0 Å². The van der Waals surface area contributed by atoms with Gasteiger partial charge in [0, 0.05) is 5.38 Å². The topological polar surface area (TPSA) is 82.0 Å². The number of carbonyl (C=O) groups excluding carboxylic acids is 1. The number of carbonyl (C=O) groups is 1. The van der Waals surface area contributed by atoms with Crippen LogP contribution in [0.15, 0.2) is 28.7 Å². The lowest BCUT2D eigenvalue weighted by molar-refractivity contribution is -0.139. The maximum Gasteiger partial charge on any atom is 0.311 e. The summed E-state index contributed by atoms with van der Waals surface area (Å²) in [6.45, 7) is 2.69. The van der Waals surface area contributed by atoms with Gasteiger partial charge in [0.05, 0.1) is 39.2 Å². The summed E-state index contributed by atoms with van der Waals surface area (Å²) in [5, 5.41) is 6.54. The second-order valence-electron chi connectivity index (χ2n) is 5.03. The zero-order valence-corrected chi connectivity index (χ0v) is 15.3. The number of anilines is 1. The van der Waals surface area contributed by atoms with Crippen LogP contribution in [0.4, 0.5) is 5.13 Å². The molecule has 0 fully saturated rings. The summed E-state index contributed by atoms with van der Waals surface area (Å²) in [6.07, 6.45) is 2.74. The molecular formula is C17H21N3O4S. The van der Waals surface area contributed by atoms with Crippen molar-refractivity contribution in [3.05, 3.63) is 34.8 Å². The van der Waals surface area contributed by atoms with Gasteiger partial charge in [0.25, 0.3) is 0 Å². The second-order valence-corrected chi connectivity index (χ2v) is 5.88. The van der Waals surface area contributed by atoms with Crippen LogP contribution in [0.5, 0.6) is 11.5 Å². The quantitative estimate of drug-likeness (QED) is 0.419. The Bertz CT molecular complexity index is 730. The molecule has 0 radical (unpaired) electrons. The zero-order chi connectivity index (χ0) is 18.1. The summed E-state index contributed by atoms with van der Waals surface area (Å²) in [4.78, 5) is 15.5. The number of aromatic nitrogens is 1. The van der Waals surface area contributed by atoms with Gasteiger partial charge >= 0.3 is 5.97 Å². The molecule has 0 spiro atoms. The number of methoxy groups -OCH3 is 2. The third-order valence-electron chi connectivity index (χ3n) is 3.13. The highest BCUT2D eigenvalue weighted by molar-refractivity contribution is 7.13. The van der Waals surface area contributed by atoms with E-state index < -0.39 is 0 Å². The molecule has 134 valence electrons. The van der Waals surface area contributed by atoms with Crippen LogP contribution in [0.3, 0.4) is 0 Å². The number of thiazole rings is 1. The number of hydrogen-bond acceptors (Lipinski definition) is 8. The van der Waals surface area contributed by atoms with Crippen LogP contribution >= 0.6 is 11.3 Å². The third-order valence-corrected chi connectivity index (χ3v) is 3.92. The van der Waals surface area contributed by atoms with Crippen molar-refractivity contribution in [2.75, 3.05) is 26.3 Å². The van der Waals surface area contributed by atoms with E-state index in [4.69, 9.17) is 9.47 Å². The fourth-order valence-electron chi connectivity index (χ4n) is 1.92. The Kier molecular flexibility index (Phi) is 7.21. The molecule has 0 amide bonds. The van der Waals surface area contributed by atoms with Crippen LogP contribution in [-0.2, 0) is 16.0 Å². The van der Waals surface area contributed by atoms with Gasteiger partial charge in [-0.1, -0.05) is 6.92 Å². The van der Waals surface area contributed by atoms with Gasteiger partial charge in [-0.2, -0.15) is 5.10 Å². The average molecular weight is 363 g/mol. The predicted octanol–water partition coefficient (Wildman–Crippen LogP) is 3.10. The van der Waals surface area contributed by atoms with Gasteiger partial charge in [-0.25, -0.2) is 4.98 Å². The van der Waals surface area contributed by atoms with E-state index in [1.165, 1.54) is 18.4 Å². The zero-order valence-electron chi connectivity index (χ0n) is 14.4. The summed E-state index contributed by atoms with van der Waals surface area (Å²) in [5.74, 6) is 1.05. The number of hydrogen-bond donors (Lipinski definition) is 1. The minimum atomic E-state index is -0.321. The summed E-state index contributed by atoms with van der Waals surface area (Å²) >= 11 is 1.37. The van der Waals surface area contributed by atoms with E-state index in [9.17, 15) is 4.79 Å². The Labute approximate surface area is 150 Å². The molecule has 1 aromatic heterocycles. The minimum absolute atomic E-state index is 0.148. The number of nitrogens with one attached hydrogen (secondary N) is 1. The highest BCUT2D eigenvalue weighted by atomic mass is 32.1. The van der Waals surface area contributed by atoms with E-state index in [2.05, 4.69) is 20.2 Å². The van der Waals surface area contributed by atoms with Crippen molar-refractivity contribution in [3.8, 4) is 11.5 Å². The molecule has 1 heterocycles. The molecule has 0 bridgehead atoms. The monoisotopic (exact) mass is 363 g/mol. The molecule has 2 aromatic rings. The maximum atomic E-state index is 11.2. The SMILES string of the molecule is CCCOc1ccc(/C=N\Nc2nc(CC(=O)OC)cs2)cc1OC. The Morgan fingerprint density at radius 3 is 2.92 bits per heavy atom. The normalized spacial score (nSPS) is 10.7. The molecule has 7 nitrogen and oxygen atoms in total. The lowest BCUT2D eigenvalue weighted by Gasteiger charge is -2.10. The maximum absolute atomic E-state index is 11.2. The van der Waals surface area contributed by atoms with Gasteiger partial charge in [-0.15, -0.1) is 11.3 Å². The van der Waals surface area contributed by atoms with Crippen LogP contribution in [0.2, 0.25) is 0 Å². The van der Waals surface area contributed by atoms with E-state index >= 15 is 0 Å². The summed E-state index contributed by atoms with van der Waals surface area (Å²) in [5.41, 5.74) is 4.35. The standard InChI is InChI=1S/C17H21N3O4S/c1-4-7-24-14-6-5-12(8-15(14)22-2)10-18-20-17-19-13(11-25-17)9-16(21)23-3/h5-6,8,10-11H,4,7,9H2,1-3H3,(H,19,20)/b18-10-. The van der Waals surface area contributed by atoms with Crippen molar-refractivity contribution < 1.29 is 19.0 Å². The van der Waals surface area contributed by atoms with Gasteiger partial charge < -0.3 is 14.2 Å². The van der Waals surface area contributed by atoms with Gasteiger partial charge in [-0.05, 0) is 30.2 Å². The van der Waals surface area contributed by atoms with Crippen LogP contribution in [0, 0.1) is 0 Å². The third kappa shape index (κ3) is 5.75. The average Bonchev–Trinajstić information content (AvgIpc) is 3.07. The Morgan fingerprint density at radius 2 is 2.20 bits per heavy atom. The summed E-state index contributed by atoms with van der Waals surface area (Å²) in [6, 6.07) is 5.59. The summed E-state index contributed by atoms with van der Waals surface area (Å²) < 4.78 is 15.6. The van der Waals surface area contributed by atoms with E-state index in [-0.39, 0.29) is 12.4 Å². The number of ether oxygens (including phenoxy) is 3. The van der Waals surface area contributed by atoms with Crippen LogP contribution < -0.4 is 14.9 Å². The van der Waals surface area contributed by atoms with Crippen molar-refractivity contribution >= 4 is 28.7 Å². The van der Waals surface area contributed by atoms with E-state index in [0.717, 1.165) is 12.0 Å². The molecule has 2 rings (SSSR count). The number of nitrogens with zero attached hydrogens (tertiary/aromatic N) is 2. The second kappa shape index (κ2) is 9.63. The molecule has 0 unspecified atom stereocenters. The van der Waals surface area contributed by atoms with E-state index in [0.29, 0.717) is 28.9 Å². The molecule has 0 saturated carbocycles. The van der Waals surface area contributed by atoms with Gasteiger partial charge in [0.1, 0.15) is 0 Å². The molecule has 0 atom stereocenters.